The van der Waals surface area contributed by atoms with Gasteiger partial charge in [0.25, 0.3) is 0 Å². The number of carbonyl (C=O) groups is 2. The van der Waals surface area contributed by atoms with E-state index in [1.807, 2.05) is 37.3 Å². The van der Waals surface area contributed by atoms with Crippen molar-refractivity contribution in [3.63, 3.8) is 0 Å². The van der Waals surface area contributed by atoms with Gasteiger partial charge in [-0.3, -0.25) is 9.59 Å². The van der Waals surface area contributed by atoms with Crippen molar-refractivity contribution in [2.24, 2.45) is 0 Å². The van der Waals surface area contributed by atoms with Gasteiger partial charge in [-0.05, 0) is 12.5 Å². The number of nitrogens with zero attached hydrogens (tertiary/aromatic N) is 3. The van der Waals surface area contributed by atoms with Gasteiger partial charge >= 0.3 is 0 Å². The minimum Gasteiger partial charge on any atom is -0.348 e. The fourth-order valence-corrected chi connectivity index (χ4v) is 1.70. The van der Waals surface area contributed by atoms with Crippen molar-refractivity contribution in [2.45, 2.75) is 19.5 Å². The molecule has 19 heavy (non-hydrogen) atoms. The standard InChI is InChI=1S/C13H14N4O2/c1-10(11-5-3-2-4-6-11)14-13(19)8-17-7-12(9-18)15-16-17/h2-7,9-10H,8H2,1H3,(H,14,19). The maximum absolute atomic E-state index is 11.8. The van der Waals surface area contributed by atoms with Crippen molar-refractivity contribution in [2.75, 3.05) is 0 Å². The van der Waals surface area contributed by atoms with E-state index in [-0.39, 0.29) is 24.2 Å². The molecule has 6 heteroatoms. The number of benzene rings is 1. The molecule has 0 bridgehead atoms. The summed E-state index contributed by atoms with van der Waals surface area (Å²) >= 11 is 0. The number of hydrogen-bond donors (Lipinski definition) is 1. The highest BCUT2D eigenvalue weighted by Crippen LogP contribution is 2.10. The van der Waals surface area contributed by atoms with E-state index in [2.05, 4.69) is 15.6 Å². The molecule has 1 N–H and O–H groups in total. The first kappa shape index (κ1) is 12.9. The van der Waals surface area contributed by atoms with Gasteiger partial charge in [-0.15, -0.1) is 5.10 Å². The van der Waals surface area contributed by atoms with E-state index >= 15 is 0 Å². The fraction of sp³-hybridized carbons (Fsp3) is 0.231. The highest BCUT2D eigenvalue weighted by Gasteiger charge is 2.10. The number of nitrogens with one attached hydrogen (secondary N) is 1. The van der Waals surface area contributed by atoms with Gasteiger partial charge in [0, 0.05) is 0 Å². The summed E-state index contributed by atoms with van der Waals surface area (Å²) in [6.07, 6.45) is 2.02. The summed E-state index contributed by atoms with van der Waals surface area (Å²) in [7, 11) is 0. The Bertz CT molecular complexity index is 565. The summed E-state index contributed by atoms with van der Waals surface area (Å²) in [4.78, 5) is 22.3. The minimum absolute atomic E-state index is 0.0397. The Kier molecular flexibility index (Phi) is 4.02. The van der Waals surface area contributed by atoms with Crippen LogP contribution in [0.1, 0.15) is 29.0 Å². The molecule has 0 radical (unpaired) electrons. The third-order valence-electron chi connectivity index (χ3n) is 2.66. The normalized spacial score (nSPS) is 11.8. The second kappa shape index (κ2) is 5.90. The summed E-state index contributed by atoms with van der Waals surface area (Å²) in [5, 5.41) is 10.1. The van der Waals surface area contributed by atoms with Crippen LogP contribution in [-0.2, 0) is 11.3 Å². The van der Waals surface area contributed by atoms with Crippen LogP contribution in [0.15, 0.2) is 36.5 Å². The van der Waals surface area contributed by atoms with Crippen molar-refractivity contribution < 1.29 is 9.59 Å². The van der Waals surface area contributed by atoms with E-state index < -0.39 is 0 Å². The quantitative estimate of drug-likeness (QED) is 0.811. The lowest BCUT2D eigenvalue weighted by Gasteiger charge is -2.13. The van der Waals surface area contributed by atoms with Crippen molar-refractivity contribution in [3.8, 4) is 0 Å². The number of aromatic nitrogens is 3. The highest BCUT2D eigenvalue weighted by molar-refractivity contribution is 5.76. The lowest BCUT2D eigenvalue weighted by atomic mass is 10.1. The molecule has 1 aromatic carbocycles. The van der Waals surface area contributed by atoms with E-state index in [1.165, 1.54) is 10.9 Å². The van der Waals surface area contributed by atoms with Gasteiger partial charge in [0.2, 0.25) is 5.91 Å². The van der Waals surface area contributed by atoms with Gasteiger partial charge in [0.1, 0.15) is 12.2 Å². The molecule has 0 saturated heterocycles. The number of hydrogen-bond acceptors (Lipinski definition) is 4. The van der Waals surface area contributed by atoms with Crippen LogP contribution in [0, 0.1) is 0 Å². The highest BCUT2D eigenvalue weighted by atomic mass is 16.2. The molecule has 0 fully saturated rings. The predicted octanol–water partition coefficient (Wildman–Crippen LogP) is 0.968. The molecule has 1 aromatic heterocycles. The molecule has 0 saturated carbocycles. The van der Waals surface area contributed by atoms with Gasteiger partial charge in [0.15, 0.2) is 6.29 Å². The van der Waals surface area contributed by atoms with Crippen LogP contribution < -0.4 is 5.32 Å². The molecule has 2 rings (SSSR count). The van der Waals surface area contributed by atoms with E-state index in [9.17, 15) is 9.59 Å². The average molecular weight is 258 g/mol. The third kappa shape index (κ3) is 3.48. The predicted molar refractivity (Wildman–Crippen MR) is 68.4 cm³/mol. The second-order valence-corrected chi connectivity index (χ2v) is 4.16. The molecule has 1 amide bonds. The lowest BCUT2D eigenvalue weighted by Crippen LogP contribution is -2.30. The molecule has 2 aromatic rings. The zero-order valence-corrected chi connectivity index (χ0v) is 10.5. The first-order chi connectivity index (χ1) is 9.19. The Morgan fingerprint density at radius 1 is 1.42 bits per heavy atom. The maximum atomic E-state index is 11.8. The number of carbonyl (C=O) groups excluding carboxylic acids is 2. The Labute approximate surface area is 110 Å². The van der Waals surface area contributed by atoms with Crippen LogP contribution in [0.25, 0.3) is 0 Å². The van der Waals surface area contributed by atoms with E-state index in [4.69, 9.17) is 0 Å². The van der Waals surface area contributed by atoms with Crippen molar-refractivity contribution >= 4 is 12.2 Å². The number of rotatable bonds is 5. The molecular formula is C13H14N4O2. The summed E-state index contributed by atoms with van der Waals surface area (Å²) in [6, 6.07) is 9.59. The van der Waals surface area contributed by atoms with Crippen molar-refractivity contribution in [1.82, 2.24) is 20.3 Å². The van der Waals surface area contributed by atoms with Crippen LogP contribution in [0.4, 0.5) is 0 Å². The van der Waals surface area contributed by atoms with Crippen LogP contribution in [0.5, 0.6) is 0 Å². The summed E-state index contributed by atoms with van der Waals surface area (Å²) in [5.74, 6) is -0.182. The van der Waals surface area contributed by atoms with Gasteiger partial charge in [-0.2, -0.15) is 0 Å². The lowest BCUT2D eigenvalue weighted by molar-refractivity contribution is -0.122. The molecule has 0 aliphatic rings. The number of aldehydes is 1. The molecule has 98 valence electrons. The summed E-state index contributed by atoms with van der Waals surface area (Å²) in [5.41, 5.74) is 1.24. The Balaban J connectivity index is 1.92. The van der Waals surface area contributed by atoms with Gasteiger partial charge in [-0.25, -0.2) is 4.68 Å². The van der Waals surface area contributed by atoms with Gasteiger partial charge < -0.3 is 5.32 Å². The molecule has 1 heterocycles. The van der Waals surface area contributed by atoms with Crippen molar-refractivity contribution in [3.05, 3.63) is 47.8 Å². The third-order valence-corrected chi connectivity index (χ3v) is 2.66. The smallest absolute Gasteiger partial charge is 0.242 e. The van der Waals surface area contributed by atoms with E-state index in [1.54, 1.807) is 0 Å². The molecule has 6 nitrogen and oxygen atoms in total. The molecule has 0 aliphatic carbocycles. The molecular weight excluding hydrogens is 244 g/mol. The Hall–Kier alpha value is -2.50. The number of amides is 1. The Morgan fingerprint density at radius 2 is 2.16 bits per heavy atom. The monoisotopic (exact) mass is 258 g/mol. The Morgan fingerprint density at radius 3 is 2.79 bits per heavy atom. The van der Waals surface area contributed by atoms with E-state index in [0.29, 0.717) is 6.29 Å². The summed E-state index contributed by atoms with van der Waals surface area (Å²) < 4.78 is 1.33. The zero-order valence-electron chi connectivity index (χ0n) is 10.5. The first-order valence-corrected chi connectivity index (χ1v) is 5.88. The summed E-state index contributed by atoms with van der Waals surface area (Å²) in [6.45, 7) is 1.95. The SMILES string of the molecule is CC(NC(=O)Cn1cc(C=O)nn1)c1ccccc1. The van der Waals surface area contributed by atoms with Gasteiger partial charge in [-0.1, -0.05) is 35.5 Å². The molecule has 0 spiro atoms. The second-order valence-electron chi connectivity index (χ2n) is 4.16. The van der Waals surface area contributed by atoms with Crippen LogP contribution in [0.2, 0.25) is 0 Å². The van der Waals surface area contributed by atoms with Crippen molar-refractivity contribution in [1.29, 1.82) is 0 Å². The average Bonchev–Trinajstić information content (AvgIpc) is 2.87. The van der Waals surface area contributed by atoms with Crippen LogP contribution in [0.3, 0.4) is 0 Å². The topological polar surface area (TPSA) is 76.9 Å². The molecule has 1 atom stereocenters. The first-order valence-electron chi connectivity index (χ1n) is 5.88. The fourth-order valence-electron chi connectivity index (χ4n) is 1.70. The van der Waals surface area contributed by atoms with Gasteiger partial charge in [0.05, 0.1) is 12.2 Å². The van der Waals surface area contributed by atoms with Crippen LogP contribution in [-0.4, -0.2) is 27.2 Å². The molecule has 1 unspecified atom stereocenters. The largest absolute Gasteiger partial charge is 0.348 e. The van der Waals surface area contributed by atoms with E-state index in [0.717, 1.165) is 5.56 Å². The minimum atomic E-state index is -0.182. The maximum Gasteiger partial charge on any atom is 0.242 e. The molecule has 0 aliphatic heterocycles. The van der Waals surface area contributed by atoms with Crippen LogP contribution >= 0.6 is 0 Å². The zero-order chi connectivity index (χ0) is 13.7.